The van der Waals surface area contributed by atoms with Gasteiger partial charge >= 0.3 is 6.01 Å². The number of hydrogen-bond donors (Lipinski definition) is 0. The van der Waals surface area contributed by atoms with Crippen LogP contribution in [0.1, 0.15) is 15.9 Å². The van der Waals surface area contributed by atoms with Gasteiger partial charge in [0.15, 0.2) is 17.9 Å². The number of aromatic nitrogens is 2. The average Bonchev–Trinajstić information content (AvgIpc) is 2.35. The summed E-state index contributed by atoms with van der Waals surface area (Å²) in [5, 5.41) is 0. The van der Waals surface area contributed by atoms with Gasteiger partial charge in [-0.25, -0.2) is 14.4 Å². The predicted octanol–water partition coefficient (Wildman–Crippen LogP) is 2.53. The number of halogens is 1. The Balaban J connectivity index is 2.24. The Morgan fingerprint density at radius 1 is 1.29 bits per heavy atom. The number of aldehydes is 1. The Hall–Kier alpha value is -2.30. The highest BCUT2D eigenvalue weighted by molar-refractivity contribution is 5.73. The Labute approximate surface area is 97.1 Å². The quantitative estimate of drug-likeness (QED) is 0.763. The summed E-state index contributed by atoms with van der Waals surface area (Å²) in [5.74, 6) is -0.428. The molecule has 17 heavy (non-hydrogen) atoms. The van der Waals surface area contributed by atoms with Crippen LogP contribution in [0.5, 0.6) is 11.8 Å². The maximum Gasteiger partial charge on any atom is 0.322 e. The minimum absolute atomic E-state index is 0.0000926. The number of aryl methyl sites for hydroxylation is 1. The molecule has 1 aromatic heterocycles. The van der Waals surface area contributed by atoms with E-state index < -0.39 is 5.82 Å². The lowest BCUT2D eigenvalue weighted by molar-refractivity contribution is 0.112. The second kappa shape index (κ2) is 4.69. The highest BCUT2D eigenvalue weighted by atomic mass is 19.1. The molecule has 2 rings (SSSR count). The zero-order chi connectivity index (χ0) is 12.3. The summed E-state index contributed by atoms with van der Waals surface area (Å²) in [7, 11) is 0. The van der Waals surface area contributed by atoms with Crippen LogP contribution >= 0.6 is 0 Å². The van der Waals surface area contributed by atoms with Crippen molar-refractivity contribution in [1.82, 2.24) is 9.97 Å². The summed E-state index contributed by atoms with van der Waals surface area (Å²) in [6.07, 6.45) is 3.24. The number of nitrogens with zero attached hydrogens (tertiary/aromatic N) is 2. The highest BCUT2D eigenvalue weighted by Crippen LogP contribution is 2.22. The molecule has 0 aliphatic heterocycles. The SMILES string of the molecule is Cc1ccc(F)c(Oc2ncc(C=O)cn2)c1. The standard InChI is InChI=1S/C12H9FN2O2/c1-8-2-3-10(13)11(4-8)17-12-14-5-9(7-16)6-15-12/h2-7H,1H3. The molecule has 86 valence electrons. The molecule has 0 unspecified atom stereocenters. The lowest BCUT2D eigenvalue weighted by atomic mass is 10.2. The van der Waals surface area contributed by atoms with Gasteiger partial charge in [0.2, 0.25) is 0 Å². The smallest absolute Gasteiger partial charge is 0.322 e. The maximum absolute atomic E-state index is 13.4. The molecule has 0 aliphatic rings. The van der Waals surface area contributed by atoms with Crippen molar-refractivity contribution in [2.24, 2.45) is 0 Å². The van der Waals surface area contributed by atoms with Crippen molar-refractivity contribution in [3.8, 4) is 11.8 Å². The van der Waals surface area contributed by atoms with Crippen LogP contribution < -0.4 is 4.74 Å². The first-order valence-corrected chi connectivity index (χ1v) is 4.90. The Morgan fingerprint density at radius 3 is 2.65 bits per heavy atom. The molecule has 0 bridgehead atoms. The molecule has 0 radical (unpaired) electrons. The van der Waals surface area contributed by atoms with Crippen molar-refractivity contribution in [2.75, 3.05) is 0 Å². The van der Waals surface area contributed by atoms with E-state index in [2.05, 4.69) is 9.97 Å². The van der Waals surface area contributed by atoms with E-state index in [-0.39, 0.29) is 11.8 Å². The third kappa shape index (κ3) is 2.63. The number of carbonyl (C=O) groups is 1. The van der Waals surface area contributed by atoms with Crippen molar-refractivity contribution in [1.29, 1.82) is 0 Å². The van der Waals surface area contributed by atoms with Gasteiger partial charge in [0, 0.05) is 12.4 Å². The first-order chi connectivity index (χ1) is 8.19. The minimum Gasteiger partial charge on any atom is -0.421 e. The number of rotatable bonds is 3. The van der Waals surface area contributed by atoms with E-state index >= 15 is 0 Å². The van der Waals surface area contributed by atoms with E-state index in [1.807, 2.05) is 6.92 Å². The number of ether oxygens (including phenoxy) is 1. The van der Waals surface area contributed by atoms with Gasteiger partial charge in [-0.15, -0.1) is 0 Å². The number of hydrogen-bond acceptors (Lipinski definition) is 4. The van der Waals surface area contributed by atoms with Crippen LogP contribution in [0, 0.1) is 12.7 Å². The molecular weight excluding hydrogens is 223 g/mol. The monoisotopic (exact) mass is 232 g/mol. The molecule has 4 nitrogen and oxygen atoms in total. The molecule has 0 atom stereocenters. The van der Waals surface area contributed by atoms with Crippen LogP contribution in [0.2, 0.25) is 0 Å². The third-order valence-electron chi connectivity index (χ3n) is 2.07. The second-order valence-corrected chi connectivity index (χ2v) is 3.45. The van der Waals surface area contributed by atoms with Crippen LogP contribution in [0.25, 0.3) is 0 Å². The number of carbonyl (C=O) groups excluding carboxylic acids is 1. The van der Waals surface area contributed by atoms with Gasteiger partial charge in [-0.3, -0.25) is 4.79 Å². The summed E-state index contributed by atoms with van der Waals surface area (Å²) >= 11 is 0. The topological polar surface area (TPSA) is 52.1 Å². The zero-order valence-corrected chi connectivity index (χ0v) is 9.05. The molecule has 1 aromatic carbocycles. The summed E-state index contributed by atoms with van der Waals surface area (Å²) in [5.41, 5.74) is 1.20. The van der Waals surface area contributed by atoms with Gasteiger partial charge in [0.05, 0.1) is 5.56 Å². The van der Waals surface area contributed by atoms with Gasteiger partial charge < -0.3 is 4.74 Å². The van der Waals surface area contributed by atoms with E-state index in [0.29, 0.717) is 11.8 Å². The Morgan fingerprint density at radius 2 is 2.00 bits per heavy atom. The van der Waals surface area contributed by atoms with Gasteiger partial charge in [-0.05, 0) is 24.6 Å². The summed E-state index contributed by atoms with van der Waals surface area (Å²) < 4.78 is 18.5. The van der Waals surface area contributed by atoms with Crippen LogP contribution in [0.3, 0.4) is 0 Å². The maximum atomic E-state index is 13.4. The highest BCUT2D eigenvalue weighted by Gasteiger charge is 2.06. The van der Waals surface area contributed by atoms with Crippen molar-refractivity contribution in [2.45, 2.75) is 6.92 Å². The van der Waals surface area contributed by atoms with E-state index in [1.54, 1.807) is 12.1 Å². The molecular formula is C12H9FN2O2. The first-order valence-electron chi connectivity index (χ1n) is 4.90. The molecule has 0 fully saturated rings. The zero-order valence-electron chi connectivity index (χ0n) is 9.05. The molecule has 1 heterocycles. The van der Waals surface area contributed by atoms with Crippen molar-refractivity contribution in [3.63, 3.8) is 0 Å². The molecule has 2 aromatic rings. The van der Waals surface area contributed by atoms with Crippen molar-refractivity contribution in [3.05, 3.63) is 47.5 Å². The fourth-order valence-electron chi connectivity index (χ4n) is 1.23. The minimum atomic E-state index is -0.487. The van der Waals surface area contributed by atoms with Crippen LogP contribution in [-0.2, 0) is 0 Å². The van der Waals surface area contributed by atoms with Crippen molar-refractivity contribution < 1.29 is 13.9 Å². The Kier molecular flexibility index (Phi) is 3.09. The van der Waals surface area contributed by atoms with E-state index in [9.17, 15) is 9.18 Å². The van der Waals surface area contributed by atoms with Gasteiger partial charge in [-0.2, -0.15) is 0 Å². The second-order valence-electron chi connectivity index (χ2n) is 3.45. The largest absolute Gasteiger partial charge is 0.421 e. The number of benzene rings is 1. The normalized spacial score (nSPS) is 10.0. The van der Waals surface area contributed by atoms with E-state index in [4.69, 9.17) is 4.74 Å². The molecule has 0 N–H and O–H groups in total. The first kappa shape index (κ1) is 11.2. The van der Waals surface area contributed by atoms with Crippen LogP contribution in [0.4, 0.5) is 4.39 Å². The molecule has 0 amide bonds. The van der Waals surface area contributed by atoms with Gasteiger partial charge in [0.1, 0.15) is 0 Å². The predicted molar refractivity (Wildman–Crippen MR) is 58.6 cm³/mol. The lowest BCUT2D eigenvalue weighted by Gasteiger charge is -2.05. The lowest BCUT2D eigenvalue weighted by Crippen LogP contribution is -1.95. The molecule has 0 saturated carbocycles. The fraction of sp³-hybridized carbons (Fsp3) is 0.0833. The summed E-state index contributed by atoms with van der Waals surface area (Å²) in [6, 6.07) is 4.50. The third-order valence-corrected chi connectivity index (χ3v) is 2.07. The van der Waals surface area contributed by atoms with Crippen molar-refractivity contribution >= 4 is 6.29 Å². The summed E-state index contributed by atoms with van der Waals surface area (Å²) in [6.45, 7) is 1.82. The molecule has 0 saturated heterocycles. The molecule has 0 spiro atoms. The van der Waals surface area contributed by atoms with Gasteiger partial charge in [-0.1, -0.05) is 6.07 Å². The Bertz CT molecular complexity index is 541. The van der Waals surface area contributed by atoms with Crippen LogP contribution in [0.15, 0.2) is 30.6 Å². The molecule has 0 aliphatic carbocycles. The summed E-state index contributed by atoms with van der Waals surface area (Å²) in [4.78, 5) is 18.0. The molecule has 5 heteroatoms. The van der Waals surface area contributed by atoms with Crippen LogP contribution in [-0.4, -0.2) is 16.3 Å². The van der Waals surface area contributed by atoms with Gasteiger partial charge in [0.25, 0.3) is 0 Å². The van der Waals surface area contributed by atoms with E-state index in [0.717, 1.165) is 5.56 Å². The van der Waals surface area contributed by atoms with E-state index in [1.165, 1.54) is 18.5 Å². The fourth-order valence-corrected chi connectivity index (χ4v) is 1.23. The average molecular weight is 232 g/mol.